The van der Waals surface area contributed by atoms with Crippen molar-refractivity contribution in [3.8, 4) is 0 Å². The van der Waals surface area contributed by atoms with Crippen LogP contribution in [0.3, 0.4) is 0 Å². The van der Waals surface area contributed by atoms with Crippen LogP contribution in [0.15, 0.2) is 0 Å². The molecule has 1 fully saturated rings. The first kappa shape index (κ1) is 13.0. The highest BCUT2D eigenvalue weighted by Crippen LogP contribution is 2.43. The molecule has 106 valence electrons. The van der Waals surface area contributed by atoms with Gasteiger partial charge in [0.2, 0.25) is 5.82 Å². The van der Waals surface area contributed by atoms with Crippen LogP contribution in [0.1, 0.15) is 43.4 Å². The van der Waals surface area contributed by atoms with Crippen LogP contribution in [-0.4, -0.2) is 16.1 Å². The number of fused-ring (bicyclic) bond motifs is 1. The molecule has 19 heavy (non-hydrogen) atoms. The second-order valence-corrected chi connectivity index (χ2v) is 6.00. The first-order chi connectivity index (χ1) is 8.89. The SMILES string of the molecule is CC1(Cn2c(C(F)(F)F)nc3c2CCNC3)CCC1. The Labute approximate surface area is 110 Å². The summed E-state index contributed by atoms with van der Waals surface area (Å²) in [6.07, 6.45) is -0.590. The molecule has 0 radical (unpaired) electrons. The van der Waals surface area contributed by atoms with Gasteiger partial charge in [0.25, 0.3) is 0 Å². The quantitative estimate of drug-likeness (QED) is 0.898. The van der Waals surface area contributed by atoms with Gasteiger partial charge in [-0.05, 0) is 18.3 Å². The highest BCUT2D eigenvalue weighted by atomic mass is 19.4. The van der Waals surface area contributed by atoms with Crippen molar-refractivity contribution in [2.75, 3.05) is 6.54 Å². The molecule has 2 aliphatic rings. The second kappa shape index (κ2) is 4.23. The average Bonchev–Trinajstić information content (AvgIpc) is 2.66. The van der Waals surface area contributed by atoms with Crippen molar-refractivity contribution in [2.45, 2.75) is 51.9 Å². The molecule has 3 rings (SSSR count). The van der Waals surface area contributed by atoms with E-state index in [2.05, 4.69) is 17.2 Å². The molecule has 3 nitrogen and oxygen atoms in total. The summed E-state index contributed by atoms with van der Waals surface area (Å²) in [6.45, 7) is 3.70. The number of rotatable bonds is 2. The molecule has 0 amide bonds. The average molecular weight is 273 g/mol. The van der Waals surface area contributed by atoms with Gasteiger partial charge in [-0.25, -0.2) is 4.98 Å². The summed E-state index contributed by atoms with van der Waals surface area (Å²) >= 11 is 0. The molecule has 0 atom stereocenters. The van der Waals surface area contributed by atoms with Gasteiger partial charge in [0.15, 0.2) is 0 Å². The molecule has 1 aliphatic heterocycles. The molecule has 2 heterocycles. The van der Waals surface area contributed by atoms with Crippen LogP contribution >= 0.6 is 0 Å². The summed E-state index contributed by atoms with van der Waals surface area (Å²) in [5.74, 6) is -0.714. The number of aromatic nitrogens is 2. The van der Waals surface area contributed by atoms with E-state index in [0.717, 1.165) is 31.5 Å². The topological polar surface area (TPSA) is 29.9 Å². The molecule has 0 bridgehead atoms. The maximum Gasteiger partial charge on any atom is 0.449 e. The molecule has 0 unspecified atom stereocenters. The number of halogens is 3. The zero-order chi connectivity index (χ0) is 13.7. The summed E-state index contributed by atoms with van der Waals surface area (Å²) in [7, 11) is 0. The third-order valence-electron chi connectivity index (χ3n) is 4.34. The third-order valence-corrected chi connectivity index (χ3v) is 4.34. The van der Waals surface area contributed by atoms with Crippen molar-refractivity contribution in [3.63, 3.8) is 0 Å². The minimum atomic E-state index is -4.36. The fraction of sp³-hybridized carbons (Fsp3) is 0.769. The van der Waals surface area contributed by atoms with Gasteiger partial charge >= 0.3 is 6.18 Å². The lowest BCUT2D eigenvalue weighted by molar-refractivity contribution is -0.148. The van der Waals surface area contributed by atoms with Crippen LogP contribution in [0.2, 0.25) is 0 Å². The Hall–Kier alpha value is -1.04. The first-order valence-corrected chi connectivity index (χ1v) is 6.75. The maximum atomic E-state index is 13.1. The van der Waals surface area contributed by atoms with Gasteiger partial charge < -0.3 is 9.88 Å². The van der Waals surface area contributed by atoms with E-state index in [9.17, 15) is 13.2 Å². The number of alkyl halides is 3. The highest BCUT2D eigenvalue weighted by molar-refractivity contribution is 5.22. The smallest absolute Gasteiger partial charge is 0.324 e. The molecule has 1 aromatic heterocycles. The third kappa shape index (κ3) is 2.26. The Morgan fingerprint density at radius 2 is 2.11 bits per heavy atom. The van der Waals surface area contributed by atoms with Crippen LogP contribution < -0.4 is 5.32 Å². The van der Waals surface area contributed by atoms with E-state index in [1.54, 1.807) is 0 Å². The summed E-state index contributed by atoms with van der Waals surface area (Å²) in [6, 6.07) is 0. The van der Waals surface area contributed by atoms with E-state index in [-0.39, 0.29) is 5.41 Å². The van der Waals surface area contributed by atoms with Gasteiger partial charge in [0, 0.05) is 31.7 Å². The second-order valence-electron chi connectivity index (χ2n) is 6.00. The minimum Gasteiger partial charge on any atom is -0.324 e. The summed E-state index contributed by atoms with van der Waals surface area (Å²) in [4.78, 5) is 3.84. The van der Waals surface area contributed by atoms with Crippen molar-refractivity contribution in [1.82, 2.24) is 14.9 Å². The Morgan fingerprint density at radius 1 is 1.37 bits per heavy atom. The molecule has 0 spiro atoms. The molecule has 1 aromatic rings. The first-order valence-electron chi connectivity index (χ1n) is 6.75. The number of nitrogens with one attached hydrogen (secondary N) is 1. The maximum absolute atomic E-state index is 13.1. The molecular weight excluding hydrogens is 255 g/mol. The van der Waals surface area contributed by atoms with Crippen molar-refractivity contribution < 1.29 is 13.2 Å². The predicted octanol–water partition coefficient (Wildman–Crippen LogP) is 2.74. The standard InChI is InChI=1S/C13H18F3N3/c1-12(4-2-5-12)8-19-10-3-6-17-7-9(10)18-11(19)13(14,15)16/h17H,2-8H2,1H3. The summed E-state index contributed by atoms with van der Waals surface area (Å²) in [5.41, 5.74) is 1.36. The largest absolute Gasteiger partial charge is 0.449 e. The molecular formula is C13H18F3N3. The molecule has 1 aliphatic carbocycles. The van der Waals surface area contributed by atoms with Crippen molar-refractivity contribution in [2.24, 2.45) is 5.41 Å². The van der Waals surface area contributed by atoms with Crippen LogP contribution in [0.25, 0.3) is 0 Å². The van der Waals surface area contributed by atoms with Crippen LogP contribution in [0.4, 0.5) is 13.2 Å². The van der Waals surface area contributed by atoms with Crippen LogP contribution in [-0.2, 0) is 25.7 Å². The minimum absolute atomic E-state index is 0.0132. The van der Waals surface area contributed by atoms with Gasteiger partial charge in [0.05, 0.1) is 5.69 Å². The van der Waals surface area contributed by atoms with Crippen LogP contribution in [0, 0.1) is 5.41 Å². The van der Waals surface area contributed by atoms with E-state index in [0.29, 0.717) is 25.2 Å². The normalized spacial score (nSPS) is 21.9. The number of nitrogens with zero attached hydrogens (tertiary/aromatic N) is 2. The molecule has 1 saturated carbocycles. The van der Waals surface area contributed by atoms with E-state index in [1.807, 2.05) is 0 Å². The van der Waals surface area contributed by atoms with Gasteiger partial charge in [-0.3, -0.25) is 0 Å². The highest BCUT2D eigenvalue weighted by Gasteiger charge is 2.42. The lowest BCUT2D eigenvalue weighted by Gasteiger charge is -2.39. The Kier molecular flexibility index (Phi) is 2.89. The Balaban J connectivity index is 2.01. The van der Waals surface area contributed by atoms with Crippen molar-refractivity contribution in [1.29, 1.82) is 0 Å². The Bertz CT molecular complexity index is 486. The lowest BCUT2D eigenvalue weighted by atomic mass is 9.70. The summed E-state index contributed by atoms with van der Waals surface area (Å²) < 4.78 is 40.8. The molecule has 1 N–H and O–H groups in total. The summed E-state index contributed by atoms with van der Waals surface area (Å²) in [5, 5.41) is 3.08. The van der Waals surface area contributed by atoms with E-state index >= 15 is 0 Å². The number of imidazole rings is 1. The predicted molar refractivity (Wildman–Crippen MR) is 64.6 cm³/mol. The number of hydrogen-bond acceptors (Lipinski definition) is 2. The van der Waals surface area contributed by atoms with Crippen molar-refractivity contribution >= 4 is 0 Å². The zero-order valence-electron chi connectivity index (χ0n) is 11.0. The van der Waals surface area contributed by atoms with Gasteiger partial charge in [0.1, 0.15) is 0 Å². The Morgan fingerprint density at radius 3 is 2.68 bits per heavy atom. The van der Waals surface area contributed by atoms with E-state index in [4.69, 9.17) is 0 Å². The zero-order valence-corrected chi connectivity index (χ0v) is 11.0. The van der Waals surface area contributed by atoms with Crippen LogP contribution in [0.5, 0.6) is 0 Å². The lowest BCUT2D eigenvalue weighted by Crippen LogP contribution is -2.34. The number of hydrogen-bond donors (Lipinski definition) is 1. The van der Waals surface area contributed by atoms with E-state index in [1.165, 1.54) is 4.57 Å². The van der Waals surface area contributed by atoms with Crippen molar-refractivity contribution in [3.05, 3.63) is 17.2 Å². The van der Waals surface area contributed by atoms with Gasteiger partial charge in [-0.1, -0.05) is 13.3 Å². The van der Waals surface area contributed by atoms with Gasteiger partial charge in [-0.2, -0.15) is 13.2 Å². The van der Waals surface area contributed by atoms with Gasteiger partial charge in [-0.15, -0.1) is 0 Å². The van der Waals surface area contributed by atoms with E-state index < -0.39 is 12.0 Å². The molecule has 0 saturated heterocycles. The fourth-order valence-electron chi connectivity index (χ4n) is 3.08. The fourth-order valence-corrected chi connectivity index (χ4v) is 3.08. The molecule has 6 heteroatoms. The molecule has 0 aromatic carbocycles. The monoisotopic (exact) mass is 273 g/mol.